The average Bonchev–Trinajstić information content (AvgIpc) is 2.56. The smallest absolute Gasteiger partial charge is 0.179 e. The van der Waals surface area contributed by atoms with Crippen molar-refractivity contribution in [2.24, 2.45) is 0 Å². The molecule has 130 valence electrons. The van der Waals surface area contributed by atoms with Crippen molar-refractivity contribution in [1.82, 2.24) is 5.32 Å². The number of aryl methyl sites for hydroxylation is 1. The molecule has 3 nitrogen and oxygen atoms in total. The number of rotatable bonds is 9. The normalized spacial score (nSPS) is 10.7. The highest BCUT2D eigenvalue weighted by atomic mass is 35.5. The van der Waals surface area contributed by atoms with Crippen LogP contribution in [0.15, 0.2) is 36.4 Å². The molecule has 0 spiro atoms. The third kappa shape index (κ3) is 5.43. The van der Waals surface area contributed by atoms with E-state index in [2.05, 4.69) is 43.4 Å². The van der Waals surface area contributed by atoms with Crippen LogP contribution in [0.5, 0.6) is 11.5 Å². The van der Waals surface area contributed by atoms with Crippen molar-refractivity contribution in [2.75, 3.05) is 13.2 Å². The first-order valence-corrected chi connectivity index (χ1v) is 8.86. The van der Waals surface area contributed by atoms with Crippen LogP contribution in [0.3, 0.4) is 0 Å². The second-order valence-corrected chi connectivity index (χ2v) is 6.18. The van der Waals surface area contributed by atoms with Gasteiger partial charge in [-0.05, 0) is 43.5 Å². The lowest BCUT2D eigenvalue weighted by Gasteiger charge is -2.15. The molecule has 0 fully saturated rings. The number of nitrogens with one attached hydrogen (secondary N) is 1. The largest absolute Gasteiger partial charge is 0.490 e. The molecule has 0 aliphatic rings. The zero-order chi connectivity index (χ0) is 17.4. The van der Waals surface area contributed by atoms with Crippen LogP contribution in [-0.2, 0) is 13.1 Å². The fraction of sp³-hybridized carbons (Fsp3) is 0.400. The number of ether oxygens (including phenoxy) is 2. The molecule has 0 bridgehead atoms. The maximum Gasteiger partial charge on any atom is 0.179 e. The molecule has 24 heavy (non-hydrogen) atoms. The molecule has 1 N–H and O–H groups in total. The number of halogens is 1. The highest BCUT2D eigenvalue weighted by molar-refractivity contribution is 6.32. The van der Waals surface area contributed by atoms with Gasteiger partial charge in [0.25, 0.3) is 0 Å². The average molecular weight is 348 g/mol. The predicted molar refractivity (Wildman–Crippen MR) is 100 cm³/mol. The maximum atomic E-state index is 6.39. The van der Waals surface area contributed by atoms with Crippen LogP contribution < -0.4 is 14.8 Å². The highest BCUT2D eigenvalue weighted by Crippen LogP contribution is 2.36. The first-order valence-electron chi connectivity index (χ1n) is 8.48. The van der Waals surface area contributed by atoms with Crippen LogP contribution in [0.4, 0.5) is 0 Å². The Kier molecular flexibility index (Phi) is 7.41. The Morgan fingerprint density at radius 2 is 1.67 bits per heavy atom. The van der Waals surface area contributed by atoms with Gasteiger partial charge in [-0.1, -0.05) is 48.4 Å². The van der Waals surface area contributed by atoms with E-state index in [0.717, 1.165) is 25.1 Å². The summed E-state index contributed by atoms with van der Waals surface area (Å²) in [5.74, 6) is 1.35. The van der Waals surface area contributed by atoms with Gasteiger partial charge < -0.3 is 14.8 Å². The molecule has 0 aliphatic heterocycles. The summed E-state index contributed by atoms with van der Waals surface area (Å²) in [4.78, 5) is 0. The van der Waals surface area contributed by atoms with Crippen molar-refractivity contribution in [1.29, 1.82) is 0 Å². The van der Waals surface area contributed by atoms with Crippen LogP contribution in [0.1, 0.15) is 37.0 Å². The van der Waals surface area contributed by atoms with E-state index in [1.54, 1.807) is 0 Å². The summed E-state index contributed by atoms with van der Waals surface area (Å²) in [6.07, 6.45) is 0.932. The van der Waals surface area contributed by atoms with E-state index >= 15 is 0 Å². The fourth-order valence-electron chi connectivity index (χ4n) is 2.39. The number of hydrogen-bond acceptors (Lipinski definition) is 3. The van der Waals surface area contributed by atoms with Crippen molar-refractivity contribution in [3.05, 3.63) is 58.1 Å². The van der Waals surface area contributed by atoms with Crippen molar-refractivity contribution in [3.63, 3.8) is 0 Å². The Morgan fingerprint density at radius 3 is 2.33 bits per heavy atom. The number of hydrogen-bond donors (Lipinski definition) is 1. The van der Waals surface area contributed by atoms with Crippen LogP contribution in [-0.4, -0.2) is 13.2 Å². The molecular weight excluding hydrogens is 322 g/mol. The molecule has 0 aliphatic carbocycles. The van der Waals surface area contributed by atoms with Crippen molar-refractivity contribution in [3.8, 4) is 11.5 Å². The fourth-order valence-corrected chi connectivity index (χ4v) is 2.68. The lowest BCUT2D eigenvalue weighted by Crippen LogP contribution is -2.13. The summed E-state index contributed by atoms with van der Waals surface area (Å²) in [7, 11) is 0. The van der Waals surface area contributed by atoms with E-state index in [4.69, 9.17) is 21.1 Å². The lowest BCUT2D eigenvalue weighted by molar-refractivity contribution is 0.277. The Morgan fingerprint density at radius 1 is 0.958 bits per heavy atom. The van der Waals surface area contributed by atoms with Crippen LogP contribution in [0.25, 0.3) is 0 Å². The standard InChI is InChI=1S/C20H26ClNO2/c1-4-10-24-20-18(21)11-17(12-19(20)23-5-2)14-22-13-16-8-6-15(3)7-9-16/h6-9,11-12,22H,4-5,10,13-14H2,1-3H3. The monoisotopic (exact) mass is 347 g/mol. The van der Waals surface area contributed by atoms with Gasteiger partial charge in [0.15, 0.2) is 11.5 Å². The Hall–Kier alpha value is -1.71. The molecule has 0 saturated heterocycles. The molecular formula is C20H26ClNO2. The summed E-state index contributed by atoms with van der Waals surface area (Å²) >= 11 is 6.39. The van der Waals surface area contributed by atoms with E-state index in [9.17, 15) is 0 Å². The molecule has 0 heterocycles. The Labute approximate surface area is 149 Å². The van der Waals surface area contributed by atoms with Gasteiger partial charge in [-0.25, -0.2) is 0 Å². The van der Waals surface area contributed by atoms with Gasteiger partial charge in [-0.2, -0.15) is 0 Å². The molecule has 0 atom stereocenters. The molecule has 2 aromatic carbocycles. The van der Waals surface area contributed by atoms with E-state index in [0.29, 0.717) is 29.7 Å². The van der Waals surface area contributed by atoms with Gasteiger partial charge in [-0.15, -0.1) is 0 Å². The van der Waals surface area contributed by atoms with E-state index in [1.165, 1.54) is 11.1 Å². The second-order valence-electron chi connectivity index (χ2n) is 5.78. The summed E-state index contributed by atoms with van der Waals surface area (Å²) in [5, 5.41) is 4.04. The quantitative estimate of drug-likeness (QED) is 0.682. The first kappa shape index (κ1) is 18.6. The van der Waals surface area contributed by atoms with Gasteiger partial charge in [0.05, 0.1) is 18.2 Å². The summed E-state index contributed by atoms with van der Waals surface area (Å²) < 4.78 is 11.4. The Bertz CT molecular complexity index is 641. The van der Waals surface area contributed by atoms with Crippen LogP contribution >= 0.6 is 11.6 Å². The molecule has 0 radical (unpaired) electrons. The lowest BCUT2D eigenvalue weighted by atomic mass is 10.1. The molecule has 0 amide bonds. The van der Waals surface area contributed by atoms with Crippen molar-refractivity contribution < 1.29 is 9.47 Å². The molecule has 4 heteroatoms. The molecule has 0 unspecified atom stereocenters. The summed E-state index contributed by atoms with van der Waals surface area (Å²) in [6, 6.07) is 12.5. The van der Waals surface area contributed by atoms with E-state index in [1.807, 2.05) is 19.1 Å². The minimum Gasteiger partial charge on any atom is -0.490 e. The molecule has 2 rings (SSSR count). The third-order valence-corrected chi connectivity index (χ3v) is 3.88. The van der Waals surface area contributed by atoms with Crippen LogP contribution in [0.2, 0.25) is 5.02 Å². The van der Waals surface area contributed by atoms with Gasteiger partial charge >= 0.3 is 0 Å². The minimum absolute atomic E-state index is 0.582. The van der Waals surface area contributed by atoms with Gasteiger partial charge in [-0.3, -0.25) is 0 Å². The van der Waals surface area contributed by atoms with Crippen LogP contribution in [0, 0.1) is 6.92 Å². The summed E-state index contributed by atoms with van der Waals surface area (Å²) in [5.41, 5.74) is 3.62. The molecule has 0 saturated carbocycles. The zero-order valence-electron chi connectivity index (χ0n) is 14.7. The minimum atomic E-state index is 0.582. The topological polar surface area (TPSA) is 30.5 Å². The molecule has 2 aromatic rings. The van der Waals surface area contributed by atoms with E-state index < -0.39 is 0 Å². The maximum absolute atomic E-state index is 6.39. The Balaban J connectivity index is 2.02. The van der Waals surface area contributed by atoms with E-state index in [-0.39, 0.29) is 0 Å². The third-order valence-electron chi connectivity index (χ3n) is 3.60. The predicted octanol–water partition coefficient (Wildman–Crippen LogP) is 5.13. The van der Waals surface area contributed by atoms with Crippen molar-refractivity contribution in [2.45, 2.75) is 40.3 Å². The van der Waals surface area contributed by atoms with Gasteiger partial charge in [0.1, 0.15) is 0 Å². The van der Waals surface area contributed by atoms with Gasteiger partial charge in [0, 0.05) is 13.1 Å². The zero-order valence-corrected chi connectivity index (χ0v) is 15.5. The SMILES string of the molecule is CCCOc1c(Cl)cc(CNCc2ccc(C)cc2)cc1OCC. The van der Waals surface area contributed by atoms with Gasteiger partial charge in [0.2, 0.25) is 0 Å². The number of benzene rings is 2. The van der Waals surface area contributed by atoms with Crippen molar-refractivity contribution >= 4 is 11.6 Å². The highest BCUT2D eigenvalue weighted by Gasteiger charge is 2.12. The first-order chi connectivity index (χ1) is 11.6. The summed E-state index contributed by atoms with van der Waals surface area (Å²) in [6.45, 7) is 8.87. The second kappa shape index (κ2) is 9.55. The molecule has 0 aromatic heterocycles.